The Labute approximate surface area is 302 Å². The molecule has 5 heteroatoms. The molecule has 8 aromatic carbocycles. The number of fused-ring (bicyclic) bond motifs is 9. The molecule has 0 spiro atoms. The predicted octanol–water partition coefficient (Wildman–Crippen LogP) is 14.1. The first-order valence-electron chi connectivity index (χ1n) is 17.4. The van der Waals surface area contributed by atoms with Crippen molar-refractivity contribution >= 4 is 93.3 Å². The van der Waals surface area contributed by atoms with Gasteiger partial charge in [-0.05, 0) is 88.6 Å². The Bertz CT molecular complexity index is 3130. The van der Waals surface area contributed by atoms with Gasteiger partial charge in [0.15, 0.2) is 0 Å². The molecule has 3 aromatic heterocycles. The summed E-state index contributed by atoms with van der Waals surface area (Å²) in [6.45, 7) is 0. The van der Waals surface area contributed by atoms with Crippen LogP contribution in [0.1, 0.15) is 0 Å². The molecule has 0 N–H and O–H groups in total. The molecular formula is C47H28N2O2S. The summed E-state index contributed by atoms with van der Waals surface area (Å²) in [5.74, 6) is 0. The molecule has 0 saturated carbocycles. The minimum Gasteiger partial charge on any atom is -0.456 e. The fourth-order valence-electron chi connectivity index (χ4n) is 7.65. The topological polar surface area (TPSA) is 42.4 Å². The van der Waals surface area contributed by atoms with Gasteiger partial charge in [0, 0.05) is 44.2 Å². The van der Waals surface area contributed by atoms with Crippen LogP contribution in [0, 0.1) is 0 Å². The summed E-state index contributed by atoms with van der Waals surface area (Å²) in [5, 5.41) is 7.82. The zero-order valence-corrected chi connectivity index (χ0v) is 28.6. The minimum atomic E-state index is 0.850. The molecule has 4 nitrogen and oxygen atoms in total. The lowest BCUT2D eigenvalue weighted by Gasteiger charge is -2.26. The lowest BCUT2D eigenvalue weighted by Crippen LogP contribution is -2.09. The van der Waals surface area contributed by atoms with Gasteiger partial charge < -0.3 is 13.7 Å². The Morgan fingerprint density at radius 3 is 1.92 bits per heavy atom. The molecule has 0 saturated heterocycles. The van der Waals surface area contributed by atoms with E-state index in [4.69, 9.17) is 13.8 Å². The van der Waals surface area contributed by atoms with Gasteiger partial charge in [0.2, 0.25) is 0 Å². The van der Waals surface area contributed by atoms with Crippen molar-refractivity contribution in [2.45, 2.75) is 0 Å². The van der Waals surface area contributed by atoms with Gasteiger partial charge in [0.05, 0.1) is 10.2 Å². The van der Waals surface area contributed by atoms with Crippen LogP contribution in [0.25, 0.3) is 86.6 Å². The number of hydrogen-bond acceptors (Lipinski definition) is 5. The summed E-state index contributed by atoms with van der Waals surface area (Å²) in [6, 6.07) is 59.7. The van der Waals surface area contributed by atoms with Crippen molar-refractivity contribution in [3.05, 3.63) is 170 Å². The van der Waals surface area contributed by atoms with Gasteiger partial charge in [-0.2, -0.15) is 0 Å². The van der Waals surface area contributed by atoms with Gasteiger partial charge in [0.1, 0.15) is 27.3 Å². The summed E-state index contributed by atoms with van der Waals surface area (Å²) >= 11 is 1.71. The van der Waals surface area contributed by atoms with E-state index in [0.29, 0.717) is 0 Å². The highest BCUT2D eigenvalue weighted by molar-refractivity contribution is 7.22. The summed E-state index contributed by atoms with van der Waals surface area (Å²) in [4.78, 5) is 7.36. The van der Waals surface area contributed by atoms with Gasteiger partial charge in [-0.1, -0.05) is 103 Å². The SMILES string of the molecule is c1ccc(-c2nc3ccc4oc5ccc(N(c6ccc(-c7cccc8ccccc78)cc6)c6ccc7oc8ccccc8c7c6)cc5c4c3s2)cc1. The third kappa shape index (κ3) is 4.57. The zero-order chi connectivity index (χ0) is 34.2. The van der Waals surface area contributed by atoms with Gasteiger partial charge in [0.25, 0.3) is 0 Å². The Morgan fingerprint density at radius 2 is 1.08 bits per heavy atom. The van der Waals surface area contributed by atoms with Crippen LogP contribution in [-0.4, -0.2) is 4.98 Å². The third-order valence-electron chi connectivity index (χ3n) is 10.1. The summed E-state index contributed by atoms with van der Waals surface area (Å²) in [6.07, 6.45) is 0. The van der Waals surface area contributed by atoms with E-state index >= 15 is 0 Å². The van der Waals surface area contributed by atoms with Crippen molar-refractivity contribution in [1.82, 2.24) is 4.98 Å². The largest absolute Gasteiger partial charge is 0.456 e. The number of hydrogen-bond donors (Lipinski definition) is 0. The molecular weight excluding hydrogens is 657 g/mol. The lowest BCUT2D eigenvalue weighted by atomic mass is 9.98. The zero-order valence-electron chi connectivity index (χ0n) is 27.8. The first-order chi connectivity index (χ1) is 25.7. The van der Waals surface area contributed by atoms with Crippen LogP contribution in [-0.2, 0) is 0 Å². The van der Waals surface area contributed by atoms with E-state index in [1.807, 2.05) is 24.3 Å². The average Bonchev–Trinajstić information content (AvgIpc) is 3.91. The minimum absolute atomic E-state index is 0.850. The Kier molecular flexibility index (Phi) is 6.39. The van der Waals surface area contributed by atoms with Crippen molar-refractivity contribution in [2.75, 3.05) is 4.90 Å². The molecule has 0 aliphatic rings. The molecule has 11 aromatic rings. The molecule has 0 radical (unpaired) electrons. The van der Waals surface area contributed by atoms with Crippen LogP contribution < -0.4 is 4.90 Å². The summed E-state index contributed by atoms with van der Waals surface area (Å²) < 4.78 is 13.8. The van der Waals surface area contributed by atoms with Crippen molar-refractivity contribution < 1.29 is 8.83 Å². The molecule has 0 fully saturated rings. The highest BCUT2D eigenvalue weighted by Crippen LogP contribution is 2.44. The second kappa shape index (κ2) is 11.4. The maximum absolute atomic E-state index is 6.46. The van der Waals surface area contributed by atoms with Gasteiger partial charge >= 0.3 is 0 Å². The maximum Gasteiger partial charge on any atom is 0.137 e. The maximum atomic E-state index is 6.46. The fourth-order valence-corrected chi connectivity index (χ4v) is 8.77. The molecule has 0 atom stereocenters. The van der Waals surface area contributed by atoms with Crippen LogP contribution >= 0.6 is 11.3 Å². The highest BCUT2D eigenvalue weighted by Gasteiger charge is 2.20. The second-order valence-corrected chi connectivity index (χ2v) is 14.1. The number of thiazole rings is 1. The smallest absolute Gasteiger partial charge is 0.137 e. The average molecular weight is 685 g/mol. The Balaban J connectivity index is 1.11. The Hall–Kier alpha value is -6.69. The second-order valence-electron chi connectivity index (χ2n) is 13.1. The first-order valence-corrected chi connectivity index (χ1v) is 18.2. The normalized spacial score (nSPS) is 11.8. The van der Waals surface area contributed by atoms with E-state index in [1.165, 1.54) is 21.9 Å². The van der Waals surface area contributed by atoms with Crippen molar-refractivity contribution in [3.63, 3.8) is 0 Å². The Morgan fingerprint density at radius 1 is 0.442 bits per heavy atom. The highest BCUT2D eigenvalue weighted by atomic mass is 32.1. The van der Waals surface area contributed by atoms with Crippen LogP contribution in [0.2, 0.25) is 0 Å². The number of aromatic nitrogens is 1. The van der Waals surface area contributed by atoms with Gasteiger partial charge in [-0.15, -0.1) is 11.3 Å². The summed E-state index contributed by atoms with van der Waals surface area (Å²) in [5.41, 5.74) is 11.1. The molecule has 52 heavy (non-hydrogen) atoms. The van der Waals surface area contributed by atoms with Crippen LogP contribution in [0.5, 0.6) is 0 Å². The molecule has 0 aliphatic heterocycles. The molecule has 244 valence electrons. The van der Waals surface area contributed by atoms with E-state index in [9.17, 15) is 0 Å². The van der Waals surface area contributed by atoms with Crippen LogP contribution in [0.15, 0.2) is 179 Å². The van der Waals surface area contributed by atoms with E-state index in [1.54, 1.807) is 11.3 Å². The molecule has 0 unspecified atom stereocenters. The standard InChI is InChI=1S/C47H28N2O2S/c1-2-10-31(11-3-1)47-48-40-23-26-44-45(46(40)52-47)39-28-34(22-25-43(39)51-44)49(33-21-24-42-38(27-33)37-14-6-7-16-41(37)50-42)32-19-17-30(18-20-32)36-15-8-12-29-9-4-5-13-35(29)36/h1-28H. The molecule has 0 amide bonds. The van der Waals surface area contributed by atoms with Crippen LogP contribution in [0.4, 0.5) is 17.1 Å². The van der Waals surface area contributed by atoms with Gasteiger partial charge in [-0.3, -0.25) is 0 Å². The van der Waals surface area contributed by atoms with Gasteiger partial charge in [-0.25, -0.2) is 4.98 Å². The number of nitrogens with zero attached hydrogens (tertiary/aromatic N) is 2. The molecule has 0 bridgehead atoms. The van der Waals surface area contributed by atoms with Crippen molar-refractivity contribution in [2.24, 2.45) is 0 Å². The predicted molar refractivity (Wildman–Crippen MR) is 217 cm³/mol. The van der Waals surface area contributed by atoms with Crippen molar-refractivity contribution in [1.29, 1.82) is 0 Å². The molecule has 3 heterocycles. The van der Waals surface area contributed by atoms with Crippen molar-refractivity contribution in [3.8, 4) is 21.7 Å². The van der Waals surface area contributed by atoms with E-state index < -0.39 is 0 Å². The van der Waals surface area contributed by atoms with E-state index in [-0.39, 0.29) is 0 Å². The third-order valence-corrected chi connectivity index (χ3v) is 11.2. The first kappa shape index (κ1) is 29.1. The van der Waals surface area contributed by atoms with Crippen LogP contribution in [0.3, 0.4) is 0 Å². The molecule has 0 aliphatic carbocycles. The number of rotatable bonds is 5. The molecule has 11 rings (SSSR count). The van der Waals surface area contributed by atoms with E-state index in [0.717, 1.165) is 81.7 Å². The van der Waals surface area contributed by atoms with E-state index in [2.05, 4.69) is 150 Å². The lowest BCUT2D eigenvalue weighted by molar-refractivity contribution is 0.669. The quantitative estimate of drug-likeness (QED) is 0.181. The fraction of sp³-hybridized carbons (Fsp3) is 0. The number of furan rings is 2. The summed E-state index contributed by atoms with van der Waals surface area (Å²) in [7, 11) is 0. The number of anilines is 3. The number of benzene rings is 8. The number of para-hydroxylation sites is 1. The monoisotopic (exact) mass is 684 g/mol.